The summed E-state index contributed by atoms with van der Waals surface area (Å²) in [6, 6.07) is 16.5. The molecule has 1 N–H and O–H groups in total. The Bertz CT molecular complexity index is 1430. The van der Waals surface area contributed by atoms with E-state index in [1.807, 2.05) is 13.8 Å². The molecule has 3 aromatic rings. The van der Waals surface area contributed by atoms with Gasteiger partial charge in [0, 0.05) is 33.2 Å². The zero-order valence-electron chi connectivity index (χ0n) is 22.9. The van der Waals surface area contributed by atoms with Crippen LogP contribution in [-0.4, -0.2) is 50.9 Å². The maximum atomic E-state index is 14.0. The minimum Gasteiger partial charge on any atom is -0.494 e. The molecule has 220 valence electrons. The number of amides is 2. The largest absolute Gasteiger partial charge is 0.494 e. The fraction of sp³-hybridized carbons (Fsp3) is 0.310. The van der Waals surface area contributed by atoms with Gasteiger partial charge in [-0.1, -0.05) is 52.1 Å². The Hall–Kier alpha value is -2.79. The van der Waals surface area contributed by atoms with E-state index >= 15 is 0 Å². The van der Waals surface area contributed by atoms with E-state index in [1.54, 1.807) is 61.5 Å². The molecule has 12 heteroatoms. The van der Waals surface area contributed by atoms with Gasteiger partial charge in [-0.25, -0.2) is 8.42 Å². The van der Waals surface area contributed by atoms with E-state index in [4.69, 9.17) is 27.9 Å². The lowest BCUT2D eigenvalue weighted by Gasteiger charge is -2.32. The van der Waals surface area contributed by atoms with E-state index in [0.29, 0.717) is 45.4 Å². The predicted molar refractivity (Wildman–Crippen MR) is 166 cm³/mol. The van der Waals surface area contributed by atoms with Gasteiger partial charge in [-0.15, -0.1) is 0 Å². The molecule has 0 aliphatic heterocycles. The average molecular weight is 685 g/mol. The summed E-state index contributed by atoms with van der Waals surface area (Å²) in [5, 5.41) is 3.44. The molecule has 1 atom stereocenters. The van der Waals surface area contributed by atoms with Crippen molar-refractivity contribution in [3.63, 3.8) is 0 Å². The lowest BCUT2D eigenvalue weighted by molar-refractivity contribution is -0.139. The van der Waals surface area contributed by atoms with Gasteiger partial charge in [0.25, 0.3) is 10.0 Å². The number of carbonyl (C=O) groups excluding carboxylic acids is 2. The minimum atomic E-state index is -4.20. The highest BCUT2D eigenvalue weighted by molar-refractivity contribution is 9.10. The smallest absolute Gasteiger partial charge is 0.264 e. The van der Waals surface area contributed by atoms with Crippen molar-refractivity contribution < 1.29 is 22.7 Å². The van der Waals surface area contributed by atoms with Gasteiger partial charge in [0.1, 0.15) is 18.3 Å². The van der Waals surface area contributed by atoms with E-state index in [2.05, 4.69) is 21.2 Å². The molecule has 0 fully saturated rings. The number of nitrogens with zero attached hydrogens (tertiary/aromatic N) is 2. The summed E-state index contributed by atoms with van der Waals surface area (Å²) in [6.45, 7) is 5.52. The second-order valence-corrected chi connectivity index (χ2v) is 12.7. The van der Waals surface area contributed by atoms with Crippen LogP contribution in [0, 0.1) is 0 Å². The number of hydrogen-bond donors (Lipinski definition) is 1. The lowest BCUT2D eigenvalue weighted by atomic mass is 10.1. The zero-order valence-corrected chi connectivity index (χ0v) is 26.9. The van der Waals surface area contributed by atoms with Crippen molar-refractivity contribution in [3.05, 3.63) is 86.8 Å². The Kier molecular flexibility index (Phi) is 11.9. The maximum absolute atomic E-state index is 14.0. The lowest BCUT2D eigenvalue weighted by Crippen LogP contribution is -2.51. The number of rotatable bonds is 13. The van der Waals surface area contributed by atoms with Crippen molar-refractivity contribution in [3.8, 4) is 5.75 Å². The highest BCUT2D eigenvalue weighted by Gasteiger charge is 2.33. The molecule has 0 aliphatic carbocycles. The van der Waals surface area contributed by atoms with E-state index in [-0.39, 0.29) is 23.0 Å². The molecule has 0 spiro atoms. The summed E-state index contributed by atoms with van der Waals surface area (Å²) >= 11 is 16.1. The molecule has 0 aliphatic rings. The van der Waals surface area contributed by atoms with Crippen LogP contribution in [0.3, 0.4) is 0 Å². The zero-order chi connectivity index (χ0) is 30.2. The standard InChI is InChI=1S/C29H32BrCl2N3O5S/c1-4-17-33-29(37)20(3)34(18-25-26(31)7-6-8-27(25)32)28(36)19-35(22-11-13-23(14-12-22)40-5-2)41(38,39)24-15-9-21(30)10-16-24/h6-16,20H,4-5,17-19H2,1-3H3,(H,33,37). The first kappa shape index (κ1) is 32.7. The normalized spacial score (nSPS) is 12.0. The number of hydrogen-bond acceptors (Lipinski definition) is 5. The number of benzene rings is 3. The molecule has 3 aromatic carbocycles. The van der Waals surface area contributed by atoms with Gasteiger partial charge in [-0.2, -0.15) is 0 Å². The first-order chi connectivity index (χ1) is 19.5. The molecule has 1 unspecified atom stereocenters. The van der Waals surface area contributed by atoms with E-state index < -0.39 is 28.5 Å². The Morgan fingerprint density at radius 3 is 2.15 bits per heavy atom. The van der Waals surface area contributed by atoms with Crippen LogP contribution in [0.15, 0.2) is 76.1 Å². The first-order valence-corrected chi connectivity index (χ1v) is 16.0. The Morgan fingerprint density at radius 1 is 0.976 bits per heavy atom. The fourth-order valence-electron chi connectivity index (χ4n) is 3.97. The van der Waals surface area contributed by atoms with E-state index in [1.165, 1.54) is 17.0 Å². The molecule has 8 nitrogen and oxygen atoms in total. The van der Waals surface area contributed by atoms with Crippen molar-refractivity contribution in [2.75, 3.05) is 24.0 Å². The molecular formula is C29H32BrCl2N3O5S. The molecule has 0 bridgehead atoms. The topological polar surface area (TPSA) is 96.0 Å². The first-order valence-electron chi connectivity index (χ1n) is 13.0. The maximum Gasteiger partial charge on any atom is 0.264 e. The van der Waals surface area contributed by atoms with Gasteiger partial charge in [0.15, 0.2) is 0 Å². The highest BCUT2D eigenvalue weighted by atomic mass is 79.9. The molecule has 0 saturated carbocycles. The predicted octanol–water partition coefficient (Wildman–Crippen LogP) is 6.29. The molecule has 2 amide bonds. The number of sulfonamides is 1. The van der Waals surface area contributed by atoms with Crippen LogP contribution in [-0.2, 0) is 26.2 Å². The third kappa shape index (κ3) is 8.38. The summed E-state index contributed by atoms with van der Waals surface area (Å²) in [6.07, 6.45) is 0.708. The van der Waals surface area contributed by atoms with E-state index in [9.17, 15) is 18.0 Å². The second kappa shape index (κ2) is 14.9. The summed E-state index contributed by atoms with van der Waals surface area (Å²) in [5.74, 6) is -0.443. The summed E-state index contributed by atoms with van der Waals surface area (Å²) < 4.78 is 35.1. The Labute approximate surface area is 259 Å². The van der Waals surface area contributed by atoms with Gasteiger partial charge in [-0.3, -0.25) is 13.9 Å². The van der Waals surface area contributed by atoms with Gasteiger partial charge in [0.05, 0.1) is 17.2 Å². The fourth-order valence-corrected chi connectivity index (χ4v) is 6.17. The Balaban J connectivity index is 2.06. The number of carbonyl (C=O) groups is 2. The summed E-state index contributed by atoms with van der Waals surface area (Å²) in [5.41, 5.74) is 0.700. The second-order valence-electron chi connectivity index (χ2n) is 9.08. The number of halogens is 3. The number of ether oxygens (including phenoxy) is 1. The van der Waals surface area contributed by atoms with Crippen molar-refractivity contribution in [1.82, 2.24) is 10.2 Å². The Morgan fingerprint density at radius 2 is 1.59 bits per heavy atom. The van der Waals surface area contributed by atoms with Crippen LogP contribution in [0.1, 0.15) is 32.8 Å². The van der Waals surface area contributed by atoms with Crippen LogP contribution >= 0.6 is 39.1 Å². The number of nitrogens with one attached hydrogen (secondary N) is 1. The van der Waals surface area contributed by atoms with Gasteiger partial charge >= 0.3 is 0 Å². The van der Waals surface area contributed by atoms with Crippen LogP contribution in [0.4, 0.5) is 5.69 Å². The third-order valence-electron chi connectivity index (χ3n) is 6.22. The monoisotopic (exact) mass is 683 g/mol. The van der Waals surface area contributed by atoms with Crippen molar-refractivity contribution in [2.45, 2.75) is 44.7 Å². The SMILES string of the molecule is CCCNC(=O)C(C)N(Cc1c(Cl)cccc1Cl)C(=O)CN(c1ccc(OCC)cc1)S(=O)(=O)c1ccc(Br)cc1. The van der Waals surface area contributed by atoms with E-state index in [0.717, 1.165) is 4.31 Å². The third-order valence-corrected chi connectivity index (χ3v) is 9.25. The molecule has 0 radical (unpaired) electrons. The highest BCUT2D eigenvalue weighted by Crippen LogP contribution is 2.29. The molecule has 0 saturated heterocycles. The molecule has 3 rings (SSSR count). The van der Waals surface area contributed by atoms with Gasteiger partial charge in [0.2, 0.25) is 11.8 Å². The molecule has 0 aromatic heterocycles. The van der Waals surface area contributed by atoms with Crippen molar-refractivity contribution >= 4 is 66.7 Å². The van der Waals surface area contributed by atoms with Crippen molar-refractivity contribution in [2.24, 2.45) is 0 Å². The van der Waals surface area contributed by atoms with Crippen LogP contribution in [0.25, 0.3) is 0 Å². The number of anilines is 1. The summed E-state index contributed by atoms with van der Waals surface area (Å²) in [4.78, 5) is 28.3. The van der Waals surface area contributed by atoms with Gasteiger partial charge < -0.3 is 15.0 Å². The molecule has 41 heavy (non-hydrogen) atoms. The van der Waals surface area contributed by atoms with Crippen LogP contribution in [0.5, 0.6) is 5.75 Å². The quantitative estimate of drug-likeness (QED) is 0.228. The van der Waals surface area contributed by atoms with Crippen LogP contribution < -0.4 is 14.4 Å². The van der Waals surface area contributed by atoms with Crippen LogP contribution in [0.2, 0.25) is 10.0 Å². The molecule has 0 heterocycles. The average Bonchev–Trinajstić information content (AvgIpc) is 2.95. The van der Waals surface area contributed by atoms with Crippen molar-refractivity contribution in [1.29, 1.82) is 0 Å². The van der Waals surface area contributed by atoms with Gasteiger partial charge in [-0.05, 0) is 80.9 Å². The molecular weight excluding hydrogens is 653 g/mol. The summed E-state index contributed by atoms with van der Waals surface area (Å²) in [7, 11) is -4.20. The minimum absolute atomic E-state index is 0.00294.